The molecule has 2 rings (SSSR count). The van der Waals surface area contributed by atoms with Crippen molar-refractivity contribution in [3.05, 3.63) is 28.3 Å². The lowest BCUT2D eigenvalue weighted by Gasteiger charge is -2.10. The van der Waals surface area contributed by atoms with Gasteiger partial charge < -0.3 is 11.1 Å². The number of hydrogen-bond donors (Lipinski definition) is 2. The van der Waals surface area contributed by atoms with Crippen molar-refractivity contribution in [2.24, 2.45) is 5.73 Å². The van der Waals surface area contributed by atoms with Crippen molar-refractivity contribution >= 4 is 17.3 Å². The molecule has 0 radical (unpaired) electrons. The molecular weight excluding hydrogens is 196 g/mol. The third-order valence-electron chi connectivity index (χ3n) is 2.85. The molecule has 0 saturated heterocycles. The summed E-state index contributed by atoms with van der Waals surface area (Å²) in [6.45, 7) is 3.79. The Morgan fingerprint density at radius 2 is 2.36 bits per heavy atom. The quantitative estimate of drug-likeness (QED) is 0.787. The van der Waals surface area contributed by atoms with Crippen molar-refractivity contribution in [1.82, 2.24) is 0 Å². The van der Waals surface area contributed by atoms with Gasteiger partial charge in [0, 0.05) is 23.2 Å². The number of aryl methyl sites for hydroxylation is 1. The molecule has 0 bridgehead atoms. The summed E-state index contributed by atoms with van der Waals surface area (Å²) >= 11 is 6.19. The predicted molar refractivity (Wildman–Crippen MR) is 61.1 cm³/mol. The summed E-state index contributed by atoms with van der Waals surface area (Å²) in [5.74, 6) is 0.488. The van der Waals surface area contributed by atoms with Gasteiger partial charge in [0.2, 0.25) is 0 Å². The van der Waals surface area contributed by atoms with Crippen molar-refractivity contribution in [2.45, 2.75) is 19.3 Å². The van der Waals surface area contributed by atoms with Crippen molar-refractivity contribution in [3.63, 3.8) is 0 Å². The van der Waals surface area contributed by atoms with Gasteiger partial charge in [-0.15, -0.1) is 0 Å². The third-order valence-corrected chi connectivity index (χ3v) is 3.18. The summed E-state index contributed by atoms with van der Waals surface area (Å²) in [5, 5.41) is 4.27. The van der Waals surface area contributed by atoms with Gasteiger partial charge in [-0.25, -0.2) is 0 Å². The van der Waals surface area contributed by atoms with Crippen LogP contribution in [0.3, 0.4) is 0 Å². The fourth-order valence-electron chi connectivity index (χ4n) is 2.11. The van der Waals surface area contributed by atoms with Crippen LogP contribution in [0, 0.1) is 6.92 Å². The smallest absolute Gasteiger partial charge is 0.0462 e. The maximum atomic E-state index is 6.19. The second kappa shape index (κ2) is 3.79. The largest absolute Gasteiger partial charge is 0.384 e. The van der Waals surface area contributed by atoms with Crippen LogP contribution < -0.4 is 11.1 Å². The average molecular weight is 211 g/mol. The van der Waals surface area contributed by atoms with Gasteiger partial charge in [0.25, 0.3) is 0 Å². The van der Waals surface area contributed by atoms with Crippen LogP contribution in [0.5, 0.6) is 0 Å². The van der Waals surface area contributed by atoms with Gasteiger partial charge in [0.15, 0.2) is 0 Å². The maximum absolute atomic E-state index is 6.19. The molecule has 2 nitrogen and oxygen atoms in total. The zero-order valence-corrected chi connectivity index (χ0v) is 9.06. The van der Waals surface area contributed by atoms with Crippen LogP contribution in [-0.2, 0) is 0 Å². The number of rotatable bonds is 2. The predicted octanol–water partition coefficient (Wildman–Crippen LogP) is 2.51. The summed E-state index contributed by atoms with van der Waals surface area (Å²) in [6, 6.07) is 4.03. The number of fused-ring (bicyclic) bond motifs is 1. The summed E-state index contributed by atoms with van der Waals surface area (Å²) in [6.07, 6.45) is 1.00. The van der Waals surface area contributed by atoms with Crippen molar-refractivity contribution in [2.75, 3.05) is 18.4 Å². The van der Waals surface area contributed by atoms with E-state index in [1.54, 1.807) is 0 Å². The molecular formula is C11H15ClN2. The third kappa shape index (κ3) is 1.49. The Balaban J connectivity index is 2.42. The zero-order valence-electron chi connectivity index (χ0n) is 8.31. The fourth-order valence-corrected chi connectivity index (χ4v) is 2.42. The van der Waals surface area contributed by atoms with Crippen LogP contribution in [0.4, 0.5) is 5.69 Å². The molecule has 14 heavy (non-hydrogen) atoms. The van der Waals surface area contributed by atoms with Gasteiger partial charge in [-0.3, -0.25) is 0 Å². The van der Waals surface area contributed by atoms with E-state index in [0.717, 1.165) is 24.5 Å². The molecule has 3 heteroatoms. The zero-order chi connectivity index (χ0) is 10.1. The molecule has 3 N–H and O–H groups in total. The van der Waals surface area contributed by atoms with Gasteiger partial charge >= 0.3 is 0 Å². The van der Waals surface area contributed by atoms with Crippen molar-refractivity contribution in [3.8, 4) is 0 Å². The molecule has 0 aliphatic carbocycles. The van der Waals surface area contributed by atoms with Crippen LogP contribution in [0.2, 0.25) is 5.02 Å². The Labute approximate surface area is 89.4 Å². The Bertz CT molecular complexity index is 349. The van der Waals surface area contributed by atoms with Crippen molar-refractivity contribution < 1.29 is 0 Å². The molecule has 1 unspecified atom stereocenters. The first-order chi connectivity index (χ1) is 6.74. The van der Waals surface area contributed by atoms with E-state index in [1.807, 2.05) is 6.07 Å². The van der Waals surface area contributed by atoms with Gasteiger partial charge in [-0.2, -0.15) is 0 Å². The monoisotopic (exact) mass is 210 g/mol. The lowest BCUT2D eigenvalue weighted by Crippen LogP contribution is -2.09. The van der Waals surface area contributed by atoms with Gasteiger partial charge in [-0.1, -0.05) is 17.7 Å². The first kappa shape index (κ1) is 9.81. The second-order valence-electron chi connectivity index (χ2n) is 3.81. The van der Waals surface area contributed by atoms with Crippen molar-refractivity contribution in [1.29, 1.82) is 0 Å². The van der Waals surface area contributed by atoms with E-state index in [9.17, 15) is 0 Å². The highest BCUT2D eigenvalue weighted by molar-refractivity contribution is 6.32. The molecule has 0 spiro atoms. The molecule has 1 atom stereocenters. The molecule has 1 aliphatic rings. The SMILES string of the molecule is Cc1ccc(Cl)c2c1NCC2CCN. The number of nitrogens with two attached hydrogens (primary N) is 1. The van der Waals surface area contributed by atoms with E-state index in [4.69, 9.17) is 17.3 Å². The molecule has 0 fully saturated rings. The minimum atomic E-state index is 0.488. The average Bonchev–Trinajstić information content (AvgIpc) is 2.58. The number of halogens is 1. The van der Waals surface area contributed by atoms with Crippen LogP contribution >= 0.6 is 11.6 Å². The lowest BCUT2D eigenvalue weighted by molar-refractivity contribution is 0.686. The molecule has 1 aromatic carbocycles. The normalized spacial score (nSPS) is 19.2. The Morgan fingerprint density at radius 1 is 1.57 bits per heavy atom. The van der Waals surface area contributed by atoms with Crippen LogP contribution in [0.15, 0.2) is 12.1 Å². The minimum Gasteiger partial charge on any atom is -0.384 e. The summed E-state index contributed by atoms with van der Waals surface area (Å²) in [5.41, 5.74) is 9.33. The standard InChI is InChI=1S/C11H15ClN2/c1-7-2-3-9(12)10-8(4-5-13)6-14-11(7)10/h2-3,8,14H,4-6,13H2,1H3. The van der Waals surface area contributed by atoms with E-state index in [1.165, 1.54) is 16.8 Å². The number of anilines is 1. The molecule has 0 aromatic heterocycles. The number of benzene rings is 1. The Morgan fingerprint density at radius 3 is 3.07 bits per heavy atom. The number of nitrogens with one attached hydrogen (secondary N) is 1. The highest BCUT2D eigenvalue weighted by Gasteiger charge is 2.25. The van der Waals surface area contributed by atoms with Crippen LogP contribution in [0.25, 0.3) is 0 Å². The number of hydrogen-bond acceptors (Lipinski definition) is 2. The molecule has 0 saturated carbocycles. The summed E-state index contributed by atoms with van der Waals surface area (Å²) < 4.78 is 0. The van der Waals surface area contributed by atoms with E-state index < -0.39 is 0 Å². The molecule has 1 heterocycles. The lowest BCUT2D eigenvalue weighted by atomic mass is 9.96. The molecule has 1 aliphatic heterocycles. The van der Waals surface area contributed by atoms with Gasteiger partial charge in [0.05, 0.1) is 0 Å². The van der Waals surface area contributed by atoms with Crippen LogP contribution in [0.1, 0.15) is 23.5 Å². The maximum Gasteiger partial charge on any atom is 0.0462 e. The highest BCUT2D eigenvalue weighted by atomic mass is 35.5. The Hall–Kier alpha value is -0.730. The first-order valence-corrected chi connectivity index (χ1v) is 5.34. The Kier molecular flexibility index (Phi) is 2.66. The molecule has 1 aromatic rings. The summed E-state index contributed by atoms with van der Waals surface area (Å²) in [4.78, 5) is 0. The van der Waals surface area contributed by atoms with E-state index in [0.29, 0.717) is 5.92 Å². The van der Waals surface area contributed by atoms with Crippen LogP contribution in [-0.4, -0.2) is 13.1 Å². The van der Waals surface area contributed by atoms with E-state index in [2.05, 4.69) is 18.3 Å². The molecule has 76 valence electrons. The second-order valence-corrected chi connectivity index (χ2v) is 4.22. The van der Waals surface area contributed by atoms with Gasteiger partial charge in [0.1, 0.15) is 0 Å². The first-order valence-electron chi connectivity index (χ1n) is 4.97. The minimum absolute atomic E-state index is 0.488. The van der Waals surface area contributed by atoms with E-state index in [-0.39, 0.29) is 0 Å². The topological polar surface area (TPSA) is 38.0 Å². The summed E-state index contributed by atoms with van der Waals surface area (Å²) in [7, 11) is 0. The van der Waals surface area contributed by atoms with E-state index >= 15 is 0 Å². The molecule has 0 amide bonds. The highest BCUT2D eigenvalue weighted by Crippen LogP contribution is 2.40. The van der Waals surface area contributed by atoms with Gasteiger partial charge in [-0.05, 0) is 37.1 Å². The fraction of sp³-hybridized carbons (Fsp3) is 0.455.